The summed E-state index contributed by atoms with van der Waals surface area (Å²) in [6.45, 7) is 8.44. The van der Waals surface area contributed by atoms with Gasteiger partial charge in [-0.2, -0.15) is 5.10 Å². The van der Waals surface area contributed by atoms with E-state index in [2.05, 4.69) is 51.1 Å². The Hall–Kier alpha value is -1.59. The van der Waals surface area contributed by atoms with Crippen molar-refractivity contribution >= 4 is 0 Å². The van der Waals surface area contributed by atoms with Crippen LogP contribution in [0, 0.1) is 6.92 Å². The molecule has 1 N–H and O–H groups in total. The SMILES string of the molecule is CCn1nc(C)cc1Cn1ccc(CNCCOC)c1. The fourth-order valence-electron chi connectivity index (χ4n) is 2.29. The van der Waals surface area contributed by atoms with Gasteiger partial charge in [0.15, 0.2) is 0 Å². The number of methoxy groups -OCH3 is 1. The molecule has 0 fully saturated rings. The lowest BCUT2D eigenvalue weighted by atomic mass is 10.3. The molecular weight excluding hydrogens is 252 g/mol. The van der Waals surface area contributed by atoms with E-state index in [1.54, 1.807) is 7.11 Å². The average Bonchev–Trinajstić information content (AvgIpc) is 3.02. The Labute approximate surface area is 120 Å². The van der Waals surface area contributed by atoms with Gasteiger partial charge in [-0.25, -0.2) is 0 Å². The van der Waals surface area contributed by atoms with Gasteiger partial charge in [0.25, 0.3) is 0 Å². The van der Waals surface area contributed by atoms with Crippen molar-refractivity contribution in [3.8, 4) is 0 Å². The van der Waals surface area contributed by atoms with E-state index in [1.807, 2.05) is 6.92 Å². The maximum absolute atomic E-state index is 5.01. The maximum atomic E-state index is 5.01. The van der Waals surface area contributed by atoms with Gasteiger partial charge in [0.2, 0.25) is 0 Å². The third-order valence-corrected chi connectivity index (χ3v) is 3.25. The summed E-state index contributed by atoms with van der Waals surface area (Å²) in [4.78, 5) is 0. The molecule has 0 aromatic carbocycles. The summed E-state index contributed by atoms with van der Waals surface area (Å²) in [5.74, 6) is 0. The molecule has 110 valence electrons. The molecule has 0 radical (unpaired) electrons. The number of rotatable bonds is 8. The minimum atomic E-state index is 0.746. The highest BCUT2D eigenvalue weighted by molar-refractivity contribution is 5.14. The second-order valence-corrected chi connectivity index (χ2v) is 4.95. The monoisotopic (exact) mass is 276 g/mol. The number of ether oxygens (including phenoxy) is 1. The summed E-state index contributed by atoms with van der Waals surface area (Å²) in [7, 11) is 1.72. The van der Waals surface area contributed by atoms with E-state index >= 15 is 0 Å². The van der Waals surface area contributed by atoms with Crippen molar-refractivity contribution in [3.63, 3.8) is 0 Å². The zero-order valence-corrected chi connectivity index (χ0v) is 12.6. The molecule has 5 nitrogen and oxygen atoms in total. The van der Waals surface area contributed by atoms with Gasteiger partial charge in [-0.1, -0.05) is 0 Å². The molecule has 0 saturated carbocycles. The summed E-state index contributed by atoms with van der Waals surface area (Å²) in [6.07, 6.45) is 4.30. The van der Waals surface area contributed by atoms with Gasteiger partial charge in [0.05, 0.1) is 24.5 Å². The van der Waals surface area contributed by atoms with Crippen LogP contribution in [0.3, 0.4) is 0 Å². The van der Waals surface area contributed by atoms with Crippen molar-refractivity contribution < 1.29 is 4.74 Å². The van der Waals surface area contributed by atoms with E-state index < -0.39 is 0 Å². The lowest BCUT2D eigenvalue weighted by Gasteiger charge is -2.06. The normalized spacial score (nSPS) is 11.2. The van der Waals surface area contributed by atoms with E-state index in [0.717, 1.165) is 38.5 Å². The van der Waals surface area contributed by atoms with Crippen molar-refractivity contribution in [2.75, 3.05) is 20.3 Å². The molecule has 0 aliphatic rings. The van der Waals surface area contributed by atoms with Gasteiger partial charge in [0, 0.05) is 39.1 Å². The van der Waals surface area contributed by atoms with Crippen LogP contribution in [-0.2, 0) is 24.4 Å². The first-order chi connectivity index (χ1) is 9.72. The molecule has 0 aliphatic carbocycles. The minimum Gasteiger partial charge on any atom is -0.383 e. The molecule has 0 spiro atoms. The van der Waals surface area contributed by atoms with E-state index in [1.165, 1.54) is 11.3 Å². The largest absolute Gasteiger partial charge is 0.383 e. The van der Waals surface area contributed by atoms with E-state index in [4.69, 9.17) is 4.74 Å². The molecular formula is C15H24N4O. The van der Waals surface area contributed by atoms with Crippen molar-refractivity contribution in [2.24, 2.45) is 0 Å². The molecule has 2 aromatic heterocycles. The smallest absolute Gasteiger partial charge is 0.0639 e. The van der Waals surface area contributed by atoms with Gasteiger partial charge in [-0.05, 0) is 31.5 Å². The molecule has 5 heteroatoms. The van der Waals surface area contributed by atoms with Crippen LogP contribution in [0.25, 0.3) is 0 Å². The standard InChI is InChI=1S/C15H24N4O/c1-4-19-15(9-13(2)17-19)12-18-7-5-14(11-18)10-16-6-8-20-3/h5,7,9,11,16H,4,6,8,10,12H2,1-3H3. The first-order valence-corrected chi connectivity index (χ1v) is 7.10. The van der Waals surface area contributed by atoms with Crippen LogP contribution >= 0.6 is 0 Å². The zero-order valence-electron chi connectivity index (χ0n) is 12.6. The Morgan fingerprint density at radius 2 is 2.25 bits per heavy atom. The number of nitrogens with zero attached hydrogens (tertiary/aromatic N) is 3. The van der Waals surface area contributed by atoms with Gasteiger partial charge in [-0.15, -0.1) is 0 Å². The number of hydrogen-bond donors (Lipinski definition) is 1. The maximum Gasteiger partial charge on any atom is 0.0639 e. The van der Waals surface area contributed by atoms with Gasteiger partial charge in [0.1, 0.15) is 0 Å². The second-order valence-electron chi connectivity index (χ2n) is 4.95. The Morgan fingerprint density at radius 3 is 3.00 bits per heavy atom. The number of hydrogen-bond acceptors (Lipinski definition) is 3. The molecule has 0 saturated heterocycles. The Bertz CT molecular complexity index is 530. The average molecular weight is 276 g/mol. The van der Waals surface area contributed by atoms with E-state index in [9.17, 15) is 0 Å². The Morgan fingerprint density at radius 1 is 1.40 bits per heavy atom. The topological polar surface area (TPSA) is 44.0 Å². The van der Waals surface area contributed by atoms with Crippen molar-refractivity contribution in [2.45, 2.75) is 33.5 Å². The predicted molar refractivity (Wildman–Crippen MR) is 79.8 cm³/mol. The first kappa shape index (κ1) is 14.8. The molecule has 20 heavy (non-hydrogen) atoms. The van der Waals surface area contributed by atoms with Crippen molar-refractivity contribution in [3.05, 3.63) is 41.5 Å². The van der Waals surface area contributed by atoms with Crippen LogP contribution in [0.4, 0.5) is 0 Å². The summed E-state index contributed by atoms with van der Waals surface area (Å²) in [5, 5.41) is 7.83. The van der Waals surface area contributed by atoms with Crippen LogP contribution in [-0.4, -0.2) is 34.6 Å². The molecule has 2 heterocycles. The highest BCUT2D eigenvalue weighted by Crippen LogP contribution is 2.08. The summed E-state index contributed by atoms with van der Waals surface area (Å²) < 4.78 is 9.28. The van der Waals surface area contributed by atoms with E-state index in [0.29, 0.717) is 0 Å². The molecule has 0 amide bonds. The first-order valence-electron chi connectivity index (χ1n) is 7.10. The number of nitrogens with one attached hydrogen (secondary N) is 1. The highest BCUT2D eigenvalue weighted by atomic mass is 16.5. The zero-order chi connectivity index (χ0) is 14.4. The van der Waals surface area contributed by atoms with Crippen LogP contribution < -0.4 is 5.32 Å². The third kappa shape index (κ3) is 3.95. The molecule has 0 atom stereocenters. The fraction of sp³-hybridized carbons (Fsp3) is 0.533. The summed E-state index contributed by atoms with van der Waals surface area (Å²) in [5.41, 5.74) is 3.62. The van der Waals surface area contributed by atoms with Gasteiger partial charge < -0.3 is 14.6 Å². The van der Waals surface area contributed by atoms with E-state index in [-0.39, 0.29) is 0 Å². The summed E-state index contributed by atoms with van der Waals surface area (Å²) >= 11 is 0. The van der Waals surface area contributed by atoms with Gasteiger partial charge in [-0.3, -0.25) is 4.68 Å². The molecule has 0 unspecified atom stereocenters. The van der Waals surface area contributed by atoms with Crippen LogP contribution in [0.5, 0.6) is 0 Å². The van der Waals surface area contributed by atoms with Crippen LogP contribution in [0.15, 0.2) is 24.5 Å². The van der Waals surface area contributed by atoms with Crippen molar-refractivity contribution in [1.82, 2.24) is 19.7 Å². The highest BCUT2D eigenvalue weighted by Gasteiger charge is 2.05. The minimum absolute atomic E-state index is 0.746. The van der Waals surface area contributed by atoms with Crippen molar-refractivity contribution in [1.29, 1.82) is 0 Å². The molecule has 0 bridgehead atoms. The fourth-order valence-corrected chi connectivity index (χ4v) is 2.29. The molecule has 0 aliphatic heterocycles. The Balaban J connectivity index is 1.91. The molecule has 2 aromatic rings. The number of aryl methyl sites for hydroxylation is 2. The van der Waals surface area contributed by atoms with Gasteiger partial charge >= 0.3 is 0 Å². The lowest BCUT2D eigenvalue weighted by Crippen LogP contribution is -2.18. The number of aromatic nitrogens is 3. The summed E-state index contributed by atoms with van der Waals surface area (Å²) in [6, 6.07) is 4.30. The Kier molecular flexibility index (Phi) is 5.38. The van der Waals surface area contributed by atoms with Crippen LogP contribution in [0.2, 0.25) is 0 Å². The van der Waals surface area contributed by atoms with Crippen LogP contribution in [0.1, 0.15) is 23.9 Å². The lowest BCUT2D eigenvalue weighted by molar-refractivity contribution is 0.199. The quantitative estimate of drug-likeness (QED) is 0.748. The predicted octanol–water partition coefficient (Wildman–Crippen LogP) is 1.80. The molecule has 2 rings (SSSR count). The third-order valence-electron chi connectivity index (χ3n) is 3.25. The second kappa shape index (κ2) is 7.26.